The van der Waals surface area contributed by atoms with Crippen molar-refractivity contribution in [2.75, 3.05) is 0 Å². The highest BCUT2D eigenvalue weighted by Gasteiger charge is 2.42. The van der Waals surface area contributed by atoms with Crippen molar-refractivity contribution in [3.8, 4) is 6.07 Å². The number of carbonyl (C=O) groups is 1. The number of nitrogens with zero attached hydrogens (tertiary/aromatic N) is 1. The molecule has 1 aliphatic carbocycles. The lowest BCUT2D eigenvalue weighted by molar-refractivity contribution is -0.119. The lowest BCUT2D eigenvalue weighted by Gasteiger charge is -2.37. The van der Waals surface area contributed by atoms with Crippen LogP contribution >= 0.6 is 0 Å². The normalized spacial score (nSPS) is 21.9. The second kappa shape index (κ2) is 7.13. The van der Waals surface area contributed by atoms with Crippen LogP contribution in [0.2, 0.25) is 0 Å². The van der Waals surface area contributed by atoms with Gasteiger partial charge in [-0.3, -0.25) is 4.79 Å². The molecule has 0 radical (unpaired) electrons. The van der Waals surface area contributed by atoms with Gasteiger partial charge in [0.25, 0.3) is 0 Å². The molecule has 0 fully saturated rings. The quantitative estimate of drug-likeness (QED) is 0.811. The Balaban J connectivity index is 1.85. The van der Waals surface area contributed by atoms with Crippen molar-refractivity contribution in [3.63, 3.8) is 0 Å². The fourth-order valence-electron chi connectivity index (χ4n) is 4.17. The Kier molecular flexibility index (Phi) is 5.14. The lowest BCUT2D eigenvalue weighted by atomic mass is 9.70. The molecule has 1 heterocycles. The Morgan fingerprint density at radius 2 is 1.86 bits per heavy atom. The third-order valence-electron chi connectivity index (χ3n) is 5.74. The van der Waals surface area contributed by atoms with E-state index in [-0.39, 0.29) is 28.4 Å². The van der Waals surface area contributed by atoms with Crippen LogP contribution in [-0.4, -0.2) is 5.78 Å². The fraction of sp³-hybridized carbons (Fsp3) is 0.500. The van der Waals surface area contributed by atoms with E-state index in [0.717, 1.165) is 6.42 Å². The number of aryl methyl sites for hydroxylation is 1. The number of ether oxygens (including phenoxy) is 1. The fourth-order valence-corrected chi connectivity index (χ4v) is 4.17. The van der Waals surface area contributed by atoms with Crippen molar-refractivity contribution in [1.82, 2.24) is 0 Å². The molecule has 2 N–H and O–H groups in total. The van der Waals surface area contributed by atoms with Gasteiger partial charge in [-0.15, -0.1) is 0 Å². The highest BCUT2D eigenvalue weighted by molar-refractivity contribution is 5.98. The van der Waals surface area contributed by atoms with E-state index in [2.05, 4.69) is 65.0 Å². The zero-order valence-electron chi connectivity index (χ0n) is 17.6. The standard InChI is InChI=1S/C24H30N2O2/c1-23(2,3)16-9-6-15(7-10-16)8-11-17-18(14-25)22(26)28-20-13-24(4,5)12-19(27)21(17)20/h6-7,9-10,17H,8,11-13,26H2,1-5H3/t17-/m0/s1. The predicted molar refractivity (Wildman–Crippen MR) is 110 cm³/mol. The minimum atomic E-state index is -0.278. The molecule has 0 spiro atoms. The minimum absolute atomic E-state index is 0.0829. The molecule has 148 valence electrons. The molecule has 28 heavy (non-hydrogen) atoms. The minimum Gasteiger partial charge on any atom is -0.444 e. The van der Waals surface area contributed by atoms with Crippen LogP contribution in [-0.2, 0) is 21.4 Å². The van der Waals surface area contributed by atoms with E-state index >= 15 is 0 Å². The van der Waals surface area contributed by atoms with Crippen LogP contribution in [0.4, 0.5) is 0 Å². The first-order chi connectivity index (χ1) is 13.0. The molecule has 4 heteroatoms. The largest absolute Gasteiger partial charge is 0.444 e. The number of allylic oxidation sites excluding steroid dienone is 3. The van der Waals surface area contributed by atoms with Crippen LogP contribution < -0.4 is 5.73 Å². The Hall–Kier alpha value is -2.54. The van der Waals surface area contributed by atoms with Crippen molar-refractivity contribution in [2.24, 2.45) is 17.1 Å². The molecule has 1 aliphatic heterocycles. The summed E-state index contributed by atoms with van der Waals surface area (Å²) in [7, 11) is 0. The van der Waals surface area contributed by atoms with Gasteiger partial charge in [-0.25, -0.2) is 0 Å². The monoisotopic (exact) mass is 378 g/mol. The summed E-state index contributed by atoms with van der Waals surface area (Å²) in [5.41, 5.74) is 9.55. The summed E-state index contributed by atoms with van der Waals surface area (Å²) in [4.78, 5) is 12.9. The van der Waals surface area contributed by atoms with E-state index in [1.54, 1.807) is 0 Å². The van der Waals surface area contributed by atoms with Crippen LogP contribution in [0.3, 0.4) is 0 Å². The summed E-state index contributed by atoms with van der Waals surface area (Å²) >= 11 is 0. The molecule has 3 rings (SSSR count). The number of hydrogen-bond donors (Lipinski definition) is 1. The number of carbonyl (C=O) groups excluding carboxylic acids is 1. The van der Waals surface area contributed by atoms with Gasteiger partial charge in [0.2, 0.25) is 5.88 Å². The molecule has 4 nitrogen and oxygen atoms in total. The van der Waals surface area contributed by atoms with Gasteiger partial charge in [-0.05, 0) is 34.8 Å². The van der Waals surface area contributed by atoms with E-state index in [9.17, 15) is 10.1 Å². The van der Waals surface area contributed by atoms with E-state index in [1.165, 1.54) is 11.1 Å². The van der Waals surface area contributed by atoms with Crippen molar-refractivity contribution in [3.05, 3.63) is 58.2 Å². The molecule has 2 aliphatic rings. The Morgan fingerprint density at radius 1 is 1.21 bits per heavy atom. The maximum Gasteiger partial charge on any atom is 0.204 e. The maximum atomic E-state index is 12.9. The number of ketones is 1. The molecule has 0 aromatic heterocycles. The number of benzene rings is 1. The van der Waals surface area contributed by atoms with Gasteiger partial charge in [-0.1, -0.05) is 58.9 Å². The highest BCUT2D eigenvalue weighted by Crippen LogP contribution is 2.45. The van der Waals surface area contributed by atoms with Crippen LogP contribution in [0, 0.1) is 22.7 Å². The molecule has 1 atom stereocenters. The van der Waals surface area contributed by atoms with Gasteiger partial charge in [0.15, 0.2) is 5.78 Å². The second-order valence-corrected chi connectivity index (χ2v) is 9.81. The Labute approximate surface area is 168 Å². The van der Waals surface area contributed by atoms with Gasteiger partial charge in [0.05, 0.1) is 5.57 Å². The lowest BCUT2D eigenvalue weighted by Crippen LogP contribution is -2.34. The van der Waals surface area contributed by atoms with E-state index in [1.807, 2.05) is 0 Å². The first-order valence-corrected chi connectivity index (χ1v) is 9.95. The van der Waals surface area contributed by atoms with Crippen molar-refractivity contribution in [2.45, 2.75) is 65.7 Å². The number of hydrogen-bond acceptors (Lipinski definition) is 4. The van der Waals surface area contributed by atoms with Crippen LogP contribution in [0.25, 0.3) is 0 Å². The van der Waals surface area contributed by atoms with Crippen molar-refractivity contribution < 1.29 is 9.53 Å². The van der Waals surface area contributed by atoms with E-state index in [0.29, 0.717) is 36.2 Å². The van der Waals surface area contributed by atoms with Gasteiger partial charge < -0.3 is 10.5 Å². The highest BCUT2D eigenvalue weighted by atomic mass is 16.5. The Bertz CT molecular complexity index is 890. The zero-order valence-corrected chi connectivity index (χ0v) is 17.6. The SMILES string of the molecule is CC1(C)CC(=O)C2=C(C1)OC(N)=C(C#N)[C@@H]2CCc1ccc(C(C)(C)C)cc1. The number of nitriles is 1. The second-order valence-electron chi connectivity index (χ2n) is 9.81. The summed E-state index contributed by atoms with van der Waals surface area (Å²) in [6, 6.07) is 10.8. The third kappa shape index (κ3) is 3.99. The molecule has 0 amide bonds. The smallest absolute Gasteiger partial charge is 0.204 e. The molecule has 1 aromatic rings. The van der Waals surface area contributed by atoms with Gasteiger partial charge >= 0.3 is 0 Å². The van der Waals surface area contributed by atoms with Crippen molar-refractivity contribution in [1.29, 1.82) is 5.26 Å². The summed E-state index contributed by atoms with van der Waals surface area (Å²) in [6.07, 6.45) is 2.60. The molecular weight excluding hydrogens is 348 g/mol. The van der Waals surface area contributed by atoms with Crippen molar-refractivity contribution >= 4 is 5.78 Å². The first kappa shape index (κ1) is 20.2. The number of Topliss-reactive ketones (excluding diaryl/α,β-unsaturated/α-hetero) is 1. The zero-order chi connectivity index (χ0) is 20.7. The Morgan fingerprint density at radius 3 is 2.43 bits per heavy atom. The molecule has 0 unspecified atom stereocenters. The van der Waals surface area contributed by atoms with Crippen LogP contribution in [0.15, 0.2) is 47.1 Å². The summed E-state index contributed by atoms with van der Waals surface area (Å²) in [5, 5.41) is 9.63. The molecule has 0 saturated carbocycles. The van der Waals surface area contributed by atoms with E-state index < -0.39 is 0 Å². The third-order valence-corrected chi connectivity index (χ3v) is 5.74. The van der Waals surface area contributed by atoms with E-state index in [4.69, 9.17) is 10.5 Å². The molecular formula is C24H30N2O2. The van der Waals surface area contributed by atoms with Gasteiger partial charge in [0.1, 0.15) is 11.8 Å². The molecule has 0 bridgehead atoms. The first-order valence-electron chi connectivity index (χ1n) is 9.95. The summed E-state index contributed by atoms with van der Waals surface area (Å²) < 4.78 is 5.73. The average molecular weight is 379 g/mol. The summed E-state index contributed by atoms with van der Waals surface area (Å²) in [5.74, 6) is 0.616. The molecule has 0 saturated heterocycles. The van der Waals surface area contributed by atoms with Crippen LogP contribution in [0.5, 0.6) is 0 Å². The maximum absolute atomic E-state index is 12.9. The number of rotatable bonds is 3. The number of nitrogens with two attached hydrogens (primary N) is 1. The average Bonchev–Trinajstić information content (AvgIpc) is 2.57. The van der Waals surface area contributed by atoms with Gasteiger partial charge in [0, 0.05) is 24.3 Å². The predicted octanol–water partition coefficient (Wildman–Crippen LogP) is 4.90. The summed E-state index contributed by atoms with van der Waals surface area (Å²) in [6.45, 7) is 10.7. The topological polar surface area (TPSA) is 76.1 Å². The molecule has 1 aromatic carbocycles. The van der Waals surface area contributed by atoms with Gasteiger partial charge in [-0.2, -0.15) is 5.26 Å². The van der Waals surface area contributed by atoms with Crippen LogP contribution in [0.1, 0.15) is 65.0 Å².